The summed E-state index contributed by atoms with van der Waals surface area (Å²) in [7, 11) is 3.10. The Balaban J connectivity index is 1.80. The molecule has 0 saturated heterocycles. The average Bonchev–Trinajstić information content (AvgIpc) is 3.14. The molecule has 4 rings (SSSR count). The summed E-state index contributed by atoms with van der Waals surface area (Å²) in [5.74, 6) is 0.744. The minimum Gasteiger partial charge on any atom is -0.497 e. The van der Waals surface area contributed by atoms with Crippen molar-refractivity contribution in [3.8, 4) is 5.75 Å². The van der Waals surface area contributed by atoms with Crippen molar-refractivity contribution >= 4 is 11.0 Å². The Kier molecular flexibility index (Phi) is 4.57. The van der Waals surface area contributed by atoms with E-state index in [0.29, 0.717) is 24.1 Å². The van der Waals surface area contributed by atoms with E-state index in [9.17, 15) is 9.59 Å². The van der Waals surface area contributed by atoms with E-state index in [0.717, 1.165) is 21.4 Å². The van der Waals surface area contributed by atoms with Gasteiger partial charge in [-0.1, -0.05) is 42.5 Å². The highest BCUT2D eigenvalue weighted by molar-refractivity contribution is 5.73. The Bertz CT molecular complexity index is 1240. The van der Waals surface area contributed by atoms with Gasteiger partial charge in [-0.15, -0.1) is 0 Å². The quantitative estimate of drug-likeness (QED) is 0.534. The number of fused-ring (bicyclic) bond motifs is 1. The van der Waals surface area contributed by atoms with Crippen molar-refractivity contribution in [2.45, 2.75) is 13.1 Å². The number of methoxy groups -OCH3 is 1. The van der Waals surface area contributed by atoms with E-state index in [1.165, 1.54) is 11.6 Å². The van der Waals surface area contributed by atoms with Crippen molar-refractivity contribution in [2.24, 2.45) is 7.05 Å². The van der Waals surface area contributed by atoms with Crippen LogP contribution in [0.25, 0.3) is 11.0 Å². The van der Waals surface area contributed by atoms with Crippen molar-refractivity contribution < 1.29 is 4.74 Å². The van der Waals surface area contributed by atoms with Gasteiger partial charge in [-0.2, -0.15) is 5.10 Å². The molecule has 0 amide bonds. The maximum atomic E-state index is 12.8. The van der Waals surface area contributed by atoms with Crippen LogP contribution < -0.4 is 16.0 Å². The van der Waals surface area contributed by atoms with Crippen LogP contribution in [0, 0.1) is 0 Å². The second-order valence-corrected chi connectivity index (χ2v) is 6.63. The highest BCUT2D eigenvalue weighted by atomic mass is 16.5. The molecule has 7 heteroatoms. The van der Waals surface area contributed by atoms with Crippen molar-refractivity contribution in [3.05, 3.63) is 92.8 Å². The molecule has 0 unspecified atom stereocenters. The summed E-state index contributed by atoms with van der Waals surface area (Å²) in [5, 5.41) is 4.96. The van der Waals surface area contributed by atoms with Gasteiger partial charge in [-0.05, 0) is 23.3 Å². The molecule has 0 bridgehead atoms. The highest BCUT2D eigenvalue weighted by Gasteiger charge is 2.15. The number of hydrogen-bond donors (Lipinski definition) is 0. The number of ether oxygens (including phenoxy) is 1. The van der Waals surface area contributed by atoms with Gasteiger partial charge >= 0.3 is 5.69 Å². The molecule has 0 saturated carbocycles. The fourth-order valence-corrected chi connectivity index (χ4v) is 3.21. The smallest absolute Gasteiger partial charge is 0.332 e. The molecule has 0 spiro atoms. The third kappa shape index (κ3) is 3.22. The molecular formula is C21H20N4O3. The van der Waals surface area contributed by atoms with Crippen LogP contribution in [0.3, 0.4) is 0 Å². The van der Waals surface area contributed by atoms with Gasteiger partial charge in [0.1, 0.15) is 11.1 Å². The zero-order chi connectivity index (χ0) is 19.7. The summed E-state index contributed by atoms with van der Waals surface area (Å²) < 4.78 is 9.53. The Morgan fingerprint density at radius 3 is 2.29 bits per heavy atom. The molecule has 0 N–H and O–H groups in total. The van der Waals surface area contributed by atoms with Crippen LogP contribution in [-0.4, -0.2) is 26.0 Å². The Labute approximate surface area is 161 Å². The van der Waals surface area contributed by atoms with E-state index in [2.05, 4.69) is 5.10 Å². The highest BCUT2D eigenvalue weighted by Crippen LogP contribution is 2.14. The molecule has 0 aliphatic rings. The lowest BCUT2D eigenvalue weighted by Gasteiger charge is -2.09. The molecule has 142 valence electrons. The fourth-order valence-electron chi connectivity index (χ4n) is 3.21. The Hall–Kier alpha value is -3.61. The van der Waals surface area contributed by atoms with Crippen molar-refractivity contribution in [3.63, 3.8) is 0 Å². The largest absolute Gasteiger partial charge is 0.497 e. The number of benzene rings is 2. The molecule has 28 heavy (non-hydrogen) atoms. The molecule has 4 aromatic rings. The minimum atomic E-state index is -0.390. The molecule has 2 heterocycles. The van der Waals surface area contributed by atoms with E-state index in [1.54, 1.807) is 18.0 Å². The lowest BCUT2D eigenvalue weighted by Crippen LogP contribution is -2.38. The number of hydrogen-bond acceptors (Lipinski definition) is 4. The molecular weight excluding hydrogens is 356 g/mol. The van der Waals surface area contributed by atoms with Gasteiger partial charge in [0.2, 0.25) is 0 Å². The Morgan fingerprint density at radius 2 is 1.61 bits per heavy atom. The normalized spacial score (nSPS) is 11.1. The van der Waals surface area contributed by atoms with Gasteiger partial charge in [-0.25, -0.2) is 4.79 Å². The van der Waals surface area contributed by atoms with Crippen LogP contribution in [0.2, 0.25) is 0 Å². The van der Waals surface area contributed by atoms with Gasteiger partial charge in [0.25, 0.3) is 5.56 Å². The summed E-state index contributed by atoms with van der Waals surface area (Å²) in [6.45, 7) is 0.838. The van der Waals surface area contributed by atoms with E-state index in [4.69, 9.17) is 4.74 Å². The number of rotatable bonds is 5. The van der Waals surface area contributed by atoms with Gasteiger partial charge in [0, 0.05) is 13.2 Å². The summed E-state index contributed by atoms with van der Waals surface area (Å²) in [5.41, 5.74) is 1.64. The standard InChI is InChI=1S/C21H20N4O3/c1-23-20(26)18-14-24(12-15-6-4-3-5-7-15)22-19(18)25(21(23)27)13-16-8-10-17(28-2)11-9-16/h3-11,14H,12-13H2,1-2H3. The zero-order valence-electron chi connectivity index (χ0n) is 15.7. The molecule has 0 aliphatic carbocycles. The first kappa shape index (κ1) is 17.8. The molecule has 2 aromatic carbocycles. The predicted molar refractivity (Wildman–Crippen MR) is 107 cm³/mol. The van der Waals surface area contributed by atoms with E-state index >= 15 is 0 Å². The van der Waals surface area contributed by atoms with Crippen molar-refractivity contribution in [1.82, 2.24) is 18.9 Å². The molecule has 7 nitrogen and oxygen atoms in total. The van der Waals surface area contributed by atoms with Gasteiger partial charge in [-0.3, -0.25) is 18.6 Å². The minimum absolute atomic E-state index is 0.315. The van der Waals surface area contributed by atoms with Gasteiger partial charge in [0.05, 0.1) is 20.2 Å². The van der Waals surface area contributed by atoms with Crippen molar-refractivity contribution in [2.75, 3.05) is 7.11 Å². The third-order valence-electron chi connectivity index (χ3n) is 4.74. The number of aromatic nitrogens is 4. The summed E-state index contributed by atoms with van der Waals surface area (Å²) in [4.78, 5) is 25.3. The number of nitrogens with zero attached hydrogens (tertiary/aromatic N) is 4. The first-order chi connectivity index (χ1) is 13.6. The second-order valence-electron chi connectivity index (χ2n) is 6.63. The molecule has 0 aliphatic heterocycles. The summed E-state index contributed by atoms with van der Waals surface area (Å²) in [6.07, 6.45) is 1.70. The molecule has 2 aromatic heterocycles. The van der Waals surface area contributed by atoms with Gasteiger partial charge in [0.15, 0.2) is 5.65 Å². The van der Waals surface area contributed by atoms with Crippen LogP contribution >= 0.6 is 0 Å². The van der Waals surface area contributed by atoms with E-state index in [1.807, 2.05) is 54.6 Å². The molecule has 0 radical (unpaired) electrons. The average molecular weight is 376 g/mol. The maximum absolute atomic E-state index is 12.8. The van der Waals surface area contributed by atoms with E-state index in [-0.39, 0.29) is 5.56 Å². The molecule has 0 atom stereocenters. The SMILES string of the molecule is COc1ccc(Cn2c(=O)n(C)c(=O)c3cn(Cc4ccccc4)nc32)cc1. The lowest BCUT2D eigenvalue weighted by atomic mass is 10.2. The van der Waals surface area contributed by atoms with Crippen LogP contribution in [0.15, 0.2) is 70.4 Å². The maximum Gasteiger partial charge on any atom is 0.332 e. The Morgan fingerprint density at radius 1 is 0.929 bits per heavy atom. The summed E-state index contributed by atoms with van der Waals surface area (Å²) >= 11 is 0. The molecule has 0 fully saturated rings. The van der Waals surface area contributed by atoms with Crippen LogP contribution in [-0.2, 0) is 20.1 Å². The van der Waals surface area contributed by atoms with Crippen LogP contribution in [0.5, 0.6) is 5.75 Å². The monoisotopic (exact) mass is 376 g/mol. The predicted octanol–water partition coefficient (Wildman–Crippen LogP) is 2.00. The second kappa shape index (κ2) is 7.19. The lowest BCUT2D eigenvalue weighted by molar-refractivity contribution is 0.414. The fraction of sp³-hybridized carbons (Fsp3) is 0.190. The van der Waals surface area contributed by atoms with Crippen molar-refractivity contribution in [1.29, 1.82) is 0 Å². The topological polar surface area (TPSA) is 71.0 Å². The summed E-state index contributed by atoms with van der Waals surface area (Å²) in [6, 6.07) is 17.3. The third-order valence-corrected chi connectivity index (χ3v) is 4.74. The van der Waals surface area contributed by atoms with Crippen LogP contribution in [0.4, 0.5) is 0 Å². The van der Waals surface area contributed by atoms with Crippen LogP contribution in [0.1, 0.15) is 11.1 Å². The first-order valence-electron chi connectivity index (χ1n) is 8.90. The van der Waals surface area contributed by atoms with E-state index < -0.39 is 5.69 Å². The zero-order valence-corrected chi connectivity index (χ0v) is 15.7. The van der Waals surface area contributed by atoms with Gasteiger partial charge < -0.3 is 4.74 Å². The first-order valence-corrected chi connectivity index (χ1v) is 8.90.